The minimum atomic E-state index is -0.382. The van der Waals surface area contributed by atoms with Crippen LogP contribution in [0.1, 0.15) is 80.9 Å². The van der Waals surface area contributed by atoms with Gasteiger partial charge in [0.25, 0.3) is 0 Å². The van der Waals surface area contributed by atoms with Gasteiger partial charge in [-0.3, -0.25) is 0 Å². The summed E-state index contributed by atoms with van der Waals surface area (Å²) in [6.07, 6.45) is 9.50. The monoisotopic (exact) mass is 288 g/mol. The van der Waals surface area contributed by atoms with Crippen LogP contribution in [-0.2, 0) is 6.42 Å². The number of halogens is 1. The van der Waals surface area contributed by atoms with Crippen LogP contribution in [0.5, 0.6) is 5.75 Å². The van der Waals surface area contributed by atoms with Crippen LogP contribution >= 0.6 is 0 Å². The molecule has 0 heterocycles. The van der Waals surface area contributed by atoms with E-state index in [9.17, 15) is 9.50 Å². The molecule has 1 fully saturated rings. The van der Waals surface area contributed by atoms with Gasteiger partial charge < -0.3 is 5.11 Å². The third kappa shape index (κ3) is 2.86. The normalized spacial score (nSPS) is 22.2. The molecule has 21 heavy (non-hydrogen) atoms. The number of allylic oxidation sites excluding steroid dienone is 2. The van der Waals surface area contributed by atoms with Crippen molar-refractivity contribution in [1.29, 1.82) is 0 Å². The standard InChI is InChI=1S/C19H25FO/c1-3-5-15-11-16(13-8-9-13)17(19(21)18(15)20)14-7-4-6-12(2)10-14/h10-11,13-14,21H,3-9H2,1-2H3. The zero-order valence-corrected chi connectivity index (χ0v) is 13.1. The first-order valence-electron chi connectivity index (χ1n) is 8.33. The van der Waals surface area contributed by atoms with E-state index in [1.165, 1.54) is 24.0 Å². The molecule has 1 aromatic carbocycles. The molecular formula is C19H25FO. The van der Waals surface area contributed by atoms with Crippen molar-refractivity contribution in [2.45, 2.75) is 70.6 Å². The number of aryl methyl sites for hydroxylation is 1. The van der Waals surface area contributed by atoms with Crippen molar-refractivity contribution in [1.82, 2.24) is 0 Å². The van der Waals surface area contributed by atoms with Crippen LogP contribution in [0, 0.1) is 5.82 Å². The first kappa shape index (κ1) is 14.6. The Labute approximate surface area is 126 Å². The van der Waals surface area contributed by atoms with E-state index in [-0.39, 0.29) is 17.5 Å². The molecule has 0 spiro atoms. The number of hydrogen-bond acceptors (Lipinski definition) is 1. The fraction of sp³-hybridized carbons (Fsp3) is 0.579. The summed E-state index contributed by atoms with van der Waals surface area (Å²) in [5.74, 6) is 0.281. The smallest absolute Gasteiger partial charge is 0.168 e. The van der Waals surface area contributed by atoms with Gasteiger partial charge in [0.15, 0.2) is 11.6 Å². The number of rotatable bonds is 4. The van der Waals surface area contributed by atoms with E-state index in [0.717, 1.165) is 31.2 Å². The van der Waals surface area contributed by atoms with Crippen molar-refractivity contribution in [3.05, 3.63) is 40.2 Å². The van der Waals surface area contributed by atoms with E-state index in [1.54, 1.807) is 0 Å². The molecule has 1 N–H and O–H groups in total. The molecular weight excluding hydrogens is 263 g/mol. The topological polar surface area (TPSA) is 20.2 Å². The van der Waals surface area contributed by atoms with E-state index in [2.05, 4.69) is 19.9 Å². The van der Waals surface area contributed by atoms with E-state index in [4.69, 9.17) is 0 Å². The van der Waals surface area contributed by atoms with E-state index in [1.807, 2.05) is 6.07 Å². The third-order valence-electron chi connectivity index (χ3n) is 4.86. The lowest BCUT2D eigenvalue weighted by Crippen LogP contribution is -2.08. The minimum Gasteiger partial charge on any atom is -0.505 e. The first-order valence-corrected chi connectivity index (χ1v) is 8.33. The molecule has 2 aliphatic carbocycles. The van der Waals surface area contributed by atoms with Gasteiger partial charge in [-0.05, 0) is 62.5 Å². The largest absolute Gasteiger partial charge is 0.505 e. The molecule has 1 unspecified atom stereocenters. The Morgan fingerprint density at radius 3 is 2.67 bits per heavy atom. The number of phenols is 1. The molecule has 1 saturated carbocycles. The molecule has 114 valence electrons. The number of hydrogen-bond donors (Lipinski definition) is 1. The predicted molar refractivity (Wildman–Crippen MR) is 84.4 cm³/mol. The van der Waals surface area contributed by atoms with Crippen molar-refractivity contribution < 1.29 is 9.50 Å². The van der Waals surface area contributed by atoms with Gasteiger partial charge in [0.05, 0.1) is 0 Å². The highest BCUT2D eigenvalue weighted by atomic mass is 19.1. The molecule has 0 bridgehead atoms. The second-order valence-corrected chi connectivity index (χ2v) is 6.74. The van der Waals surface area contributed by atoms with Gasteiger partial charge in [-0.15, -0.1) is 0 Å². The van der Waals surface area contributed by atoms with Crippen molar-refractivity contribution in [2.24, 2.45) is 0 Å². The predicted octanol–water partition coefficient (Wildman–Crippen LogP) is 5.58. The molecule has 2 heteroatoms. The second kappa shape index (κ2) is 5.82. The van der Waals surface area contributed by atoms with Crippen LogP contribution in [0.15, 0.2) is 17.7 Å². The summed E-state index contributed by atoms with van der Waals surface area (Å²) in [6.45, 7) is 4.19. The SMILES string of the molecule is CCCc1cc(C2CC2)c(C2C=C(C)CCC2)c(O)c1F. The van der Waals surface area contributed by atoms with Crippen LogP contribution in [0.4, 0.5) is 4.39 Å². The Bertz CT molecular complexity index is 569. The van der Waals surface area contributed by atoms with Gasteiger partial charge in [0.2, 0.25) is 0 Å². The van der Waals surface area contributed by atoms with Crippen molar-refractivity contribution in [3.63, 3.8) is 0 Å². The van der Waals surface area contributed by atoms with Crippen LogP contribution in [0.2, 0.25) is 0 Å². The van der Waals surface area contributed by atoms with E-state index >= 15 is 0 Å². The highest BCUT2D eigenvalue weighted by molar-refractivity contribution is 5.51. The molecule has 1 nitrogen and oxygen atoms in total. The van der Waals surface area contributed by atoms with E-state index < -0.39 is 0 Å². The lowest BCUT2D eigenvalue weighted by Gasteiger charge is -2.24. The Morgan fingerprint density at radius 2 is 2.05 bits per heavy atom. The quantitative estimate of drug-likeness (QED) is 0.717. The summed E-state index contributed by atoms with van der Waals surface area (Å²) < 4.78 is 14.5. The van der Waals surface area contributed by atoms with Crippen molar-refractivity contribution >= 4 is 0 Å². The molecule has 2 aliphatic rings. The Morgan fingerprint density at radius 1 is 1.29 bits per heavy atom. The summed E-state index contributed by atoms with van der Waals surface area (Å²) in [4.78, 5) is 0. The molecule has 0 amide bonds. The van der Waals surface area contributed by atoms with Crippen molar-refractivity contribution in [3.8, 4) is 5.75 Å². The average molecular weight is 288 g/mol. The zero-order chi connectivity index (χ0) is 15.0. The third-order valence-corrected chi connectivity index (χ3v) is 4.86. The van der Waals surface area contributed by atoms with Crippen LogP contribution in [-0.4, -0.2) is 5.11 Å². The summed E-state index contributed by atoms with van der Waals surface area (Å²) in [5.41, 5.74) is 4.16. The maximum absolute atomic E-state index is 14.5. The van der Waals surface area contributed by atoms with Gasteiger partial charge in [-0.25, -0.2) is 4.39 Å². The molecule has 1 atom stereocenters. The maximum Gasteiger partial charge on any atom is 0.168 e. The summed E-state index contributed by atoms with van der Waals surface area (Å²) in [7, 11) is 0. The Hall–Kier alpha value is -1.31. The maximum atomic E-state index is 14.5. The summed E-state index contributed by atoms with van der Waals surface area (Å²) in [5, 5.41) is 10.5. The molecule has 1 aromatic rings. The Balaban J connectivity index is 2.09. The number of benzene rings is 1. The first-order chi connectivity index (χ1) is 10.1. The van der Waals surface area contributed by atoms with Crippen molar-refractivity contribution in [2.75, 3.05) is 0 Å². The van der Waals surface area contributed by atoms with Crippen LogP contribution < -0.4 is 0 Å². The minimum absolute atomic E-state index is 0.0706. The fourth-order valence-electron chi connectivity index (χ4n) is 3.65. The lowest BCUT2D eigenvalue weighted by atomic mass is 9.81. The van der Waals surface area contributed by atoms with Gasteiger partial charge in [-0.1, -0.05) is 31.1 Å². The number of aromatic hydroxyl groups is 1. The second-order valence-electron chi connectivity index (χ2n) is 6.74. The average Bonchev–Trinajstić information content (AvgIpc) is 3.28. The highest BCUT2D eigenvalue weighted by Crippen LogP contribution is 2.49. The molecule has 0 aromatic heterocycles. The molecule has 3 rings (SSSR count). The van der Waals surface area contributed by atoms with Gasteiger partial charge >= 0.3 is 0 Å². The lowest BCUT2D eigenvalue weighted by molar-refractivity contribution is 0.415. The summed E-state index contributed by atoms with van der Waals surface area (Å²) >= 11 is 0. The number of phenolic OH excluding ortho intramolecular Hbond substituents is 1. The van der Waals surface area contributed by atoms with E-state index in [0.29, 0.717) is 17.9 Å². The zero-order valence-electron chi connectivity index (χ0n) is 13.1. The van der Waals surface area contributed by atoms with Crippen LogP contribution in [0.25, 0.3) is 0 Å². The van der Waals surface area contributed by atoms with Gasteiger partial charge in [0.1, 0.15) is 0 Å². The molecule has 0 radical (unpaired) electrons. The summed E-state index contributed by atoms with van der Waals surface area (Å²) in [6, 6.07) is 2.04. The Kier molecular flexibility index (Phi) is 4.05. The van der Waals surface area contributed by atoms with Gasteiger partial charge in [-0.2, -0.15) is 0 Å². The highest BCUT2D eigenvalue weighted by Gasteiger charge is 2.32. The molecule has 0 aliphatic heterocycles. The van der Waals surface area contributed by atoms with Gasteiger partial charge in [0, 0.05) is 11.5 Å². The molecule has 0 saturated heterocycles. The fourth-order valence-corrected chi connectivity index (χ4v) is 3.65. The van der Waals surface area contributed by atoms with Crippen LogP contribution in [0.3, 0.4) is 0 Å².